The highest BCUT2D eigenvalue weighted by Crippen LogP contribution is 2.29. The first kappa shape index (κ1) is 27.4. The molecule has 2 N–H and O–H groups in total. The van der Waals surface area contributed by atoms with Gasteiger partial charge >= 0.3 is 0 Å². The summed E-state index contributed by atoms with van der Waals surface area (Å²) in [4.78, 5) is 7.14. The molecule has 3 rings (SSSR count). The molecule has 1 heterocycles. The maximum Gasteiger partial charge on any atom is 0.191 e. The van der Waals surface area contributed by atoms with Crippen molar-refractivity contribution in [2.75, 3.05) is 25.0 Å². The summed E-state index contributed by atoms with van der Waals surface area (Å²) < 4.78 is 2.00. The van der Waals surface area contributed by atoms with Crippen molar-refractivity contribution in [2.45, 2.75) is 65.5 Å². The molecule has 1 fully saturated rings. The van der Waals surface area contributed by atoms with Crippen LogP contribution in [0.15, 0.2) is 35.3 Å². The van der Waals surface area contributed by atoms with Crippen LogP contribution in [0.5, 0.6) is 0 Å². The minimum Gasteiger partial charge on any atom is -0.375 e. The van der Waals surface area contributed by atoms with E-state index in [2.05, 4.69) is 77.0 Å². The second-order valence-corrected chi connectivity index (χ2v) is 9.42. The second-order valence-electron chi connectivity index (χ2n) is 9.42. The Morgan fingerprint density at radius 1 is 1.15 bits per heavy atom. The molecule has 0 radical (unpaired) electrons. The monoisotopic (exact) mass is 567 g/mol. The van der Waals surface area contributed by atoms with E-state index in [-0.39, 0.29) is 24.0 Å². The van der Waals surface area contributed by atoms with E-state index in [4.69, 9.17) is 4.99 Å². The Bertz CT molecular complexity index is 842. The molecule has 8 heteroatoms. The van der Waals surface area contributed by atoms with Gasteiger partial charge in [0.25, 0.3) is 0 Å². The molecule has 33 heavy (non-hydrogen) atoms. The number of anilines is 1. The Balaban J connectivity index is 0.00000385. The third-order valence-corrected chi connectivity index (χ3v) is 6.78. The molecule has 1 saturated carbocycles. The normalized spacial score (nSPS) is 18.7. The van der Waals surface area contributed by atoms with Crippen LogP contribution in [0.4, 0.5) is 5.69 Å². The van der Waals surface area contributed by atoms with E-state index in [1.807, 2.05) is 18.5 Å². The lowest BCUT2D eigenvalue weighted by Crippen LogP contribution is -2.45. The Hall–Kier alpha value is -1.84. The molecule has 184 valence electrons. The fraction of sp³-hybridized carbons (Fsp3) is 0.640. The molecule has 0 bridgehead atoms. The lowest BCUT2D eigenvalue weighted by Gasteiger charge is -2.32. The topological polar surface area (TPSA) is 70.4 Å². The predicted octanol–water partition coefficient (Wildman–Crippen LogP) is 4.52. The van der Waals surface area contributed by atoms with Crippen molar-refractivity contribution in [1.29, 1.82) is 0 Å². The summed E-state index contributed by atoms with van der Waals surface area (Å²) in [7, 11) is 4.14. The number of nitrogens with zero attached hydrogens (tertiary/aromatic N) is 5. The van der Waals surface area contributed by atoms with Crippen LogP contribution < -0.4 is 15.5 Å². The van der Waals surface area contributed by atoms with Crippen molar-refractivity contribution in [2.24, 2.45) is 23.9 Å². The summed E-state index contributed by atoms with van der Waals surface area (Å²) in [6.07, 6.45) is 6.06. The van der Waals surface area contributed by atoms with Gasteiger partial charge in [0.2, 0.25) is 0 Å². The number of para-hydroxylation sites is 1. The van der Waals surface area contributed by atoms with Gasteiger partial charge in [0.05, 0.1) is 0 Å². The summed E-state index contributed by atoms with van der Waals surface area (Å²) >= 11 is 0. The van der Waals surface area contributed by atoms with Crippen LogP contribution >= 0.6 is 24.0 Å². The molecule has 0 spiro atoms. The molecule has 0 amide bonds. The summed E-state index contributed by atoms with van der Waals surface area (Å²) in [5, 5.41) is 15.7. The first-order valence-corrected chi connectivity index (χ1v) is 12.1. The molecule has 0 atom stereocenters. The minimum atomic E-state index is 0. The van der Waals surface area contributed by atoms with Crippen LogP contribution in [-0.2, 0) is 13.6 Å². The Morgan fingerprint density at radius 2 is 1.85 bits per heavy atom. The molecule has 1 aliphatic rings. The molecule has 0 aliphatic heterocycles. The smallest absolute Gasteiger partial charge is 0.191 e. The molecule has 1 aromatic carbocycles. The van der Waals surface area contributed by atoms with Crippen LogP contribution in [0.3, 0.4) is 0 Å². The molecule has 1 aliphatic carbocycles. The zero-order valence-corrected chi connectivity index (χ0v) is 23.3. The molecular weight excluding hydrogens is 525 g/mol. The van der Waals surface area contributed by atoms with Crippen LogP contribution in [0.2, 0.25) is 0 Å². The fourth-order valence-corrected chi connectivity index (χ4v) is 4.35. The third kappa shape index (κ3) is 8.46. The van der Waals surface area contributed by atoms with Crippen LogP contribution in [0.1, 0.15) is 57.6 Å². The zero-order valence-electron chi connectivity index (χ0n) is 20.9. The van der Waals surface area contributed by atoms with Gasteiger partial charge in [-0.3, -0.25) is 0 Å². The van der Waals surface area contributed by atoms with Gasteiger partial charge in [-0.1, -0.05) is 32.0 Å². The van der Waals surface area contributed by atoms with Gasteiger partial charge in [-0.25, -0.2) is 4.99 Å². The first-order chi connectivity index (χ1) is 15.4. The number of aromatic nitrogens is 3. The SMILES string of the molecule is Cc1nnc(CN=C(NCCCN(C)c2ccccc2)NC2CCC(C(C)C)CC2)n1C.I. The maximum absolute atomic E-state index is 4.85. The maximum atomic E-state index is 4.85. The van der Waals surface area contributed by atoms with Crippen molar-refractivity contribution in [3.8, 4) is 0 Å². The Morgan fingerprint density at radius 3 is 2.45 bits per heavy atom. The van der Waals surface area contributed by atoms with Crippen molar-refractivity contribution in [3.63, 3.8) is 0 Å². The van der Waals surface area contributed by atoms with E-state index >= 15 is 0 Å². The number of aliphatic imine (C=N–C) groups is 1. The zero-order chi connectivity index (χ0) is 22.9. The highest BCUT2D eigenvalue weighted by Gasteiger charge is 2.23. The number of hydrogen-bond donors (Lipinski definition) is 2. The van der Waals surface area contributed by atoms with E-state index < -0.39 is 0 Å². The van der Waals surface area contributed by atoms with Gasteiger partial charge in [0.15, 0.2) is 11.8 Å². The number of nitrogens with one attached hydrogen (secondary N) is 2. The molecule has 7 nitrogen and oxygen atoms in total. The fourth-order valence-electron chi connectivity index (χ4n) is 4.35. The van der Waals surface area contributed by atoms with Gasteiger partial charge < -0.3 is 20.1 Å². The number of rotatable bonds is 9. The molecular formula is C25H42IN7. The minimum absolute atomic E-state index is 0. The lowest BCUT2D eigenvalue weighted by molar-refractivity contribution is 0.250. The second kappa shape index (κ2) is 13.8. The molecule has 0 saturated heterocycles. The van der Waals surface area contributed by atoms with Gasteiger partial charge in [-0.2, -0.15) is 0 Å². The van der Waals surface area contributed by atoms with E-state index in [0.717, 1.165) is 49.0 Å². The Kier molecular flexibility index (Phi) is 11.4. The molecule has 2 aromatic rings. The quantitative estimate of drug-likeness (QED) is 0.202. The number of aryl methyl sites for hydroxylation is 1. The summed E-state index contributed by atoms with van der Waals surface area (Å²) in [6, 6.07) is 11.0. The predicted molar refractivity (Wildman–Crippen MR) is 148 cm³/mol. The largest absolute Gasteiger partial charge is 0.375 e. The average Bonchev–Trinajstić information content (AvgIpc) is 3.13. The molecule has 0 unspecified atom stereocenters. The van der Waals surface area contributed by atoms with Crippen LogP contribution in [-0.4, -0.2) is 46.9 Å². The average molecular weight is 568 g/mol. The first-order valence-electron chi connectivity index (χ1n) is 12.1. The van der Waals surface area contributed by atoms with Crippen LogP contribution in [0, 0.1) is 18.8 Å². The van der Waals surface area contributed by atoms with Crippen molar-refractivity contribution in [1.82, 2.24) is 25.4 Å². The van der Waals surface area contributed by atoms with Crippen molar-refractivity contribution in [3.05, 3.63) is 42.0 Å². The summed E-state index contributed by atoms with van der Waals surface area (Å²) in [6.45, 7) is 9.06. The number of benzene rings is 1. The van der Waals surface area contributed by atoms with E-state index in [1.165, 1.54) is 31.4 Å². The van der Waals surface area contributed by atoms with Gasteiger partial charge in [0.1, 0.15) is 12.4 Å². The summed E-state index contributed by atoms with van der Waals surface area (Å²) in [5.74, 6) is 4.32. The summed E-state index contributed by atoms with van der Waals surface area (Å²) in [5.41, 5.74) is 1.25. The van der Waals surface area contributed by atoms with Gasteiger partial charge in [0, 0.05) is 38.9 Å². The van der Waals surface area contributed by atoms with E-state index in [9.17, 15) is 0 Å². The third-order valence-electron chi connectivity index (χ3n) is 6.78. The standard InChI is InChI=1S/C25H41N7.HI/c1-19(2)21-12-14-22(15-13-21)28-25(27-18-24-30-29-20(3)32(24)5)26-16-9-17-31(4)23-10-7-6-8-11-23;/h6-8,10-11,19,21-22H,9,12-18H2,1-5H3,(H2,26,27,28);1H. The highest BCUT2D eigenvalue weighted by atomic mass is 127. The Labute approximate surface area is 216 Å². The van der Waals surface area contributed by atoms with E-state index in [1.54, 1.807) is 0 Å². The lowest BCUT2D eigenvalue weighted by atomic mass is 9.80. The highest BCUT2D eigenvalue weighted by molar-refractivity contribution is 14.0. The number of halogens is 1. The van der Waals surface area contributed by atoms with Crippen LogP contribution in [0.25, 0.3) is 0 Å². The number of hydrogen-bond acceptors (Lipinski definition) is 4. The van der Waals surface area contributed by atoms with Gasteiger partial charge in [-0.05, 0) is 63.0 Å². The van der Waals surface area contributed by atoms with Gasteiger partial charge in [-0.15, -0.1) is 34.2 Å². The van der Waals surface area contributed by atoms with Crippen molar-refractivity contribution >= 4 is 35.6 Å². The number of guanidine groups is 1. The van der Waals surface area contributed by atoms with Crippen molar-refractivity contribution < 1.29 is 0 Å². The van der Waals surface area contributed by atoms with E-state index in [0.29, 0.717) is 12.6 Å². The molecule has 1 aromatic heterocycles.